The van der Waals surface area contributed by atoms with Gasteiger partial charge in [0.25, 0.3) is 0 Å². The maximum absolute atomic E-state index is 11.8. The molecule has 0 bridgehead atoms. The van der Waals surface area contributed by atoms with Crippen LogP contribution in [0.15, 0.2) is 47.6 Å². The number of aromatic nitrogens is 3. The molecule has 1 saturated heterocycles. The molecule has 0 N–H and O–H groups in total. The normalized spacial score (nSPS) is 14.0. The molecule has 2 aromatic carbocycles. The molecule has 0 aliphatic carbocycles. The Kier molecular flexibility index (Phi) is 6.58. The summed E-state index contributed by atoms with van der Waals surface area (Å²) in [5, 5.41) is 9.86. The molecule has 1 aromatic heterocycles. The van der Waals surface area contributed by atoms with Gasteiger partial charge in [0.15, 0.2) is 10.9 Å². The molecule has 3 aromatic rings. The van der Waals surface area contributed by atoms with E-state index in [0.29, 0.717) is 24.5 Å². The van der Waals surface area contributed by atoms with Gasteiger partial charge in [-0.25, -0.2) is 0 Å². The first-order chi connectivity index (χ1) is 15.1. The average molecular weight is 439 g/mol. The Labute approximate surface area is 186 Å². The third kappa shape index (κ3) is 4.60. The summed E-state index contributed by atoms with van der Waals surface area (Å²) in [4.78, 5) is 14.0. The van der Waals surface area contributed by atoms with Gasteiger partial charge in [-0.1, -0.05) is 30.0 Å². The highest BCUT2D eigenvalue weighted by molar-refractivity contribution is 7.98. The maximum Gasteiger partial charge on any atom is 0.232 e. The van der Waals surface area contributed by atoms with Crippen molar-refractivity contribution in [1.82, 2.24) is 14.8 Å². The second kappa shape index (κ2) is 9.53. The molecule has 0 unspecified atom stereocenters. The summed E-state index contributed by atoms with van der Waals surface area (Å²) >= 11 is 1.58. The number of nitrogens with zero attached hydrogens (tertiary/aromatic N) is 4. The van der Waals surface area contributed by atoms with Gasteiger partial charge in [-0.05, 0) is 43.7 Å². The summed E-state index contributed by atoms with van der Waals surface area (Å²) in [6.07, 6.45) is 0. The number of para-hydroxylation sites is 1. The van der Waals surface area contributed by atoms with E-state index in [-0.39, 0.29) is 5.78 Å². The lowest BCUT2D eigenvalue weighted by molar-refractivity contribution is 0.101. The summed E-state index contributed by atoms with van der Waals surface area (Å²) in [6, 6.07) is 13.8. The van der Waals surface area contributed by atoms with E-state index in [1.807, 2.05) is 24.3 Å². The Hall–Kier alpha value is -2.84. The minimum Gasteiger partial charge on any atom is -0.496 e. The molecule has 0 atom stereocenters. The Balaban J connectivity index is 1.69. The SMILES string of the molecule is COc1ccc(C(C)=O)cc1CSc1nnc(N2CCOCC2)n1-c1ccccc1C. The van der Waals surface area contributed by atoms with E-state index in [9.17, 15) is 4.79 Å². The zero-order valence-electron chi connectivity index (χ0n) is 18.0. The highest BCUT2D eigenvalue weighted by atomic mass is 32.2. The Morgan fingerprint density at radius 1 is 1.16 bits per heavy atom. The monoisotopic (exact) mass is 438 g/mol. The first-order valence-corrected chi connectivity index (χ1v) is 11.2. The van der Waals surface area contributed by atoms with Gasteiger partial charge < -0.3 is 14.4 Å². The second-order valence-corrected chi connectivity index (χ2v) is 8.32. The van der Waals surface area contributed by atoms with Crippen molar-refractivity contribution in [2.45, 2.75) is 24.8 Å². The largest absolute Gasteiger partial charge is 0.496 e. The first-order valence-electron chi connectivity index (χ1n) is 10.2. The van der Waals surface area contributed by atoms with Gasteiger partial charge in [0, 0.05) is 30.0 Å². The van der Waals surface area contributed by atoms with E-state index in [2.05, 4.69) is 38.7 Å². The first kappa shape index (κ1) is 21.4. The number of methoxy groups -OCH3 is 1. The van der Waals surface area contributed by atoms with Crippen molar-refractivity contribution in [3.8, 4) is 11.4 Å². The molecule has 1 aliphatic rings. The molecule has 162 valence electrons. The van der Waals surface area contributed by atoms with Gasteiger partial charge in [0.05, 0.1) is 26.0 Å². The van der Waals surface area contributed by atoms with Crippen molar-refractivity contribution in [3.63, 3.8) is 0 Å². The van der Waals surface area contributed by atoms with Gasteiger partial charge in [0.1, 0.15) is 5.75 Å². The molecule has 1 fully saturated rings. The predicted octanol–water partition coefficient (Wildman–Crippen LogP) is 3.92. The number of hydrogen-bond donors (Lipinski definition) is 0. The number of carbonyl (C=O) groups is 1. The van der Waals surface area contributed by atoms with Crippen molar-refractivity contribution in [3.05, 3.63) is 59.2 Å². The molecule has 8 heteroatoms. The van der Waals surface area contributed by atoms with E-state index in [4.69, 9.17) is 9.47 Å². The summed E-state index contributed by atoms with van der Waals surface area (Å²) in [6.45, 7) is 6.58. The number of morpholine rings is 1. The molecule has 0 saturated carbocycles. The minimum absolute atomic E-state index is 0.0339. The van der Waals surface area contributed by atoms with Crippen LogP contribution in [0.1, 0.15) is 28.4 Å². The number of thioether (sulfide) groups is 1. The van der Waals surface area contributed by atoms with Crippen LogP contribution < -0.4 is 9.64 Å². The number of carbonyl (C=O) groups excluding carboxylic acids is 1. The Morgan fingerprint density at radius 2 is 1.94 bits per heavy atom. The number of ketones is 1. The number of aryl methyl sites for hydroxylation is 1. The highest BCUT2D eigenvalue weighted by Gasteiger charge is 2.23. The molecule has 7 nitrogen and oxygen atoms in total. The number of ether oxygens (including phenoxy) is 2. The van der Waals surface area contributed by atoms with Crippen molar-refractivity contribution < 1.29 is 14.3 Å². The van der Waals surface area contributed by atoms with Crippen molar-refractivity contribution >= 4 is 23.5 Å². The number of anilines is 1. The second-order valence-electron chi connectivity index (χ2n) is 7.38. The number of Topliss-reactive ketones (excluding diaryl/α,β-unsaturated/α-hetero) is 1. The van der Waals surface area contributed by atoms with E-state index < -0.39 is 0 Å². The lowest BCUT2D eigenvalue weighted by Crippen LogP contribution is -2.38. The topological polar surface area (TPSA) is 69.5 Å². The van der Waals surface area contributed by atoms with Gasteiger partial charge in [0.2, 0.25) is 5.95 Å². The van der Waals surface area contributed by atoms with E-state index in [1.54, 1.807) is 31.9 Å². The standard InChI is InChI=1S/C23H26N4O3S/c1-16-6-4-5-7-20(16)27-22(26-10-12-30-13-11-26)24-25-23(27)31-15-19-14-18(17(2)28)8-9-21(19)29-3/h4-9,14H,10-13,15H2,1-3H3. The van der Waals surface area contributed by atoms with Gasteiger partial charge >= 0.3 is 0 Å². The molecule has 31 heavy (non-hydrogen) atoms. The van der Waals surface area contributed by atoms with Gasteiger partial charge in [-0.3, -0.25) is 9.36 Å². The minimum atomic E-state index is 0.0339. The third-order valence-corrected chi connectivity index (χ3v) is 6.29. The smallest absolute Gasteiger partial charge is 0.232 e. The van der Waals surface area contributed by atoms with E-state index in [0.717, 1.165) is 46.8 Å². The summed E-state index contributed by atoms with van der Waals surface area (Å²) in [5.74, 6) is 2.22. The van der Waals surface area contributed by atoms with Crippen LogP contribution in [0.5, 0.6) is 5.75 Å². The molecular formula is C23H26N4O3S. The summed E-state index contributed by atoms with van der Waals surface area (Å²) < 4.78 is 13.1. The summed E-state index contributed by atoms with van der Waals surface area (Å²) in [7, 11) is 1.64. The average Bonchev–Trinajstić information content (AvgIpc) is 3.22. The third-order valence-electron chi connectivity index (χ3n) is 5.31. The molecule has 0 spiro atoms. The number of benzene rings is 2. The van der Waals surface area contributed by atoms with Crippen LogP contribution in [-0.2, 0) is 10.5 Å². The van der Waals surface area contributed by atoms with Crippen LogP contribution in [-0.4, -0.2) is 54.0 Å². The van der Waals surface area contributed by atoms with Crippen LogP contribution in [0.2, 0.25) is 0 Å². The lowest BCUT2D eigenvalue weighted by Gasteiger charge is -2.28. The molecular weight excluding hydrogens is 412 g/mol. The van der Waals surface area contributed by atoms with Crippen LogP contribution in [0.25, 0.3) is 5.69 Å². The summed E-state index contributed by atoms with van der Waals surface area (Å²) in [5.41, 5.74) is 3.83. The number of hydrogen-bond acceptors (Lipinski definition) is 7. The van der Waals surface area contributed by atoms with Crippen LogP contribution in [0.4, 0.5) is 5.95 Å². The van der Waals surface area contributed by atoms with Crippen LogP contribution >= 0.6 is 11.8 Å². The van der Waals surface area contributed by atoms with Crippen molar-refractivity contribution in [2.75, 3.05) is 38.3 Å². The quantitative estimate of drug-likeness (QED) is 0.409. The Morgan fingerprint density at radius 3 is 2.65 bits per heavy atom. The number of rotatable bonds is 7. The molecule has 2 heterocycles. The molecule has 0 radical (unpaired) electrons. The van der Waals surface area contributed by atoms with Gasteiger partial charge in [-0.2, -0.15) is 0 Å². The fourth-order valence-electron chi connectivity index (χ4n) is 3.60. The van der Waals surface area contributed by atoms with E-state index >= 15 is 0 Å². The molecule has 1 aliphatic heterocycles. The van der Waals surface area contributed by atoms with Crippen LogP contribution in [0, 0.1) is 6.92 Å². The van der Waals surface area contributed by atoms with Crippen molar-refractivity contribution in [2.24, 2.45) is 0 Å². The molecule has 0 amide bonds. The van der Waals surface area contributed by atoms with Crippen LogP contribution in [0.3, 0.4) is 0 Å². The van der Waals surface area contributed by atoms with E-state index in [1.165, 1.54) is 0 Å². The highest BCUT2D eigenvalue weighted by Crippen LogP contribution is 2.33. The van der Waals surface area contributed by atoms with Crippen molar-refractivity contribution in [1.29, 1.82) is 0 Å². The fraction of sp³-hybridized carbons (Fsp3) is 0.348. The lowest BCUT2D eigenvalue weighted by atomic mass is 10.1. The van der Waals surface area contributed by atoms with Gasteiger partial charge in [-0.15, -0.1) is 10.2 Å². The predicted molar refractivity (Wildman–Crippen MR) is 122 cm³/mol. The molecule has 4 rings (SSSR count). The zero-order valence-corrected chi connectivity index (χ0v) is 18.8. The maximum atomic E-state index is 11.8. The zero-order chi connectivity index (χ0) is 21.8. The Bertz CT molecular complexity index is 1080. The fourth-order valence-corrected chi connectivity index (χ4v) is 4.52.